The number of hydrogen-bond acceptors (Lipinski definition) is 1. The number of halogens is 2. The highest BCUT2D eigenvalue weighted by atomic mass is 35.5. The molecule has 2 rings (SSSR count). The topological polar surface area (TPSA) is 12.0 Å². The van der Waals surface area contributed by atoms with E-state index in [2.05, 4.69) is 36.5 Å². The molecule has 1 N–H and O–H groups in total. The average molecular weight is 306 g/mol. The van der Waals surface area contributed by atoms with E-state index in [9.17, 15) is 4.39 Å². The van der Waals surface area contributed by atoms with Crippen LogP contribution in [0.25, 0.3) is 0 Å². The number of benzene rings is 2. The summed E-state index contributed by atoms with van der Waals surface area (Å²) in [6.45, 7) is 4.21. The Morgan fingerprint density at radius 1 is 1.14 bits per heavy atom. The normalized spacial score (nSPS) is 12.2. The molecule has 3 heteroatoms. The van der Waals surface area contributed by atoms with E-state index in [0.29, 0.717) is 5.69 Å². The number of aryl methyl sites for hydroxylation is 1. The summed E-state index contributed by atoms with van der Waals surface area (Å²) >= 11 is 5.80. The molecule has 0 aliphatic rings. The van der Waals surface area contributed by atoms with Gasteiger partial charge in [0, 0.05) is 6.04 Å². The molecule has 0 saturated carbocycles. The Morgan fingerprint density at radius 2 is 1.86 bits per heavy atom. The monoisotopic (exact) mass is 305 g/mol. The lowest BCUT2D eigenvalue weighted by atomic mass is 10.0. The van der Waals surface area contributed by atoms with Gasteiger partial charge in [-0.1, -0.05) is 55.3 Å². The summed E-state index contributed by atoms with van der Waals surface area (Å²) < 4.78 is 13.9. The van der Waals surface area contributed by atoms with Crippen molar-refractivity contribution in [2.24, 2.45) is 0 Å². The summed E-state index contributed by atoms with van der Waals surface area (Å²) in [5.74, 6) is -0.398. The van der Waals surface area contributed by atoms with E-state index in [1.54, 1.807) is 18.2 Å². The smallest absolute Gasteiger partial charge is 0.164 e. The van der Waals surface area contributed by atoms with Gasteiger partial charge in [-0.25, -0.2) is 4.39 Å². The van der Waals surface area contributed by atoms with E-state index in [1.807, 2.05) is 6.92 Å². The molecule has 0 fully saturated rings. The van der Waals surface area contributed by atoms with E-state index in [0.717, 1.165) is 12.0 Å². The van der Waals surface area contributed by atoms with Crippen molar-refractivity contribution < 1.29 is 4.39 Å². The summed E-state index contributed by atoms with van der Waals surface area (Å²) in [5, 5.41) is 3.31. The Bertz CT molecular complexity index is 580. The molecule has 0 aliphatic heterocycles. The van der Waals surface area contributed by atoms with Gasteiger partial charge in [0.2, 0.25) is 0 Å². The quantitative estimate of drug-likeness (QED) is 0.690. The van der Waals surface area contributed by atoms with Crippen LogP contribution in [0.1, 0.15) is 43.9 Å². The minimum absolute atomic E-state index is 0.0261. The van der Waals surface area contributed by atoms with Gasteiger partial charge in [-0.05, 0) is 43.0 Å². The highest BCUT2D eigenvalue weighted by molar-refractivity contribution is 6.31. The molecule has 1 atom stereocenters. The molecule has 2 aromatic rings. The zero-order valence-electron chi connectivity index (χ0n) is 12.5. The molecule has 21 heavy (non-hydrogen) atoms. The second-order valence-electron chi connectivity index (χ2n) is 5.31. The number of rotatable bonds is 6. The van der Waals surface area contributed by atoms with Crippen LogP contribution in [0.2, 0.25) is 5.02 Å². The van der Waals surface area contributed by atoms with Gasteiger partial charge < -0.3 is 5.32 Å². The Balaban J connectivity index is 2.06. The van der Waals surface area contributed by atoms with Crippen LogP contribution in [0, 0.1) is 5.82 Å². The molecule has 112 valence electrons. The first kappa shape index (κ1) is 15.8. The third-order valence-corrected chi connectivity index (χ3v) is 3.91. The maximum atomic E-state index is 13.9. The van der Waals surface area contributed by atoms with Crippen molar-refractivity contribution in [2.45, 2.75) is 39.2 Å². The minimum Gasteiger partial charge on any atom is -0.376 e. The lowest BCUT2D eigenvalue weighted by Crippen LogP contribution is -2.08. The number of anilines is 1. The Hall–Kier alpha value is -1.54. The molecule has 1 unspecified atom stereocenters. The van der Waals surface area contributed by atoms with Gasteiger partial charge in [-0.15, -0.1) is 0 Å². The highest BCUT2D eigenvalue weighted by Crippen LogP contribution is 2.26. The maximum Gasteiger partial charge on any atom is 0.164 e. The second-order valence-corrected chi connectivity index (χ2v) is 5.72. The van der Waals surface area contributed by atoms with Gasteiger partial charge in [0.15, 0.2) is 5.82 Å². The number of nitrogens with one attached hydrogen (secondary N) is 1. The molecular weight excluding hydrogens is 285 g/mol. The highest BCUT2D eigenvalue weighted by Gasteiger charge is 2.10. The second kappa shape index (κ2) is 7.46. The van der Waals surface area contributed by atoms with Crippen molar-refractivity contribution in [2.75, 3.05) is 5.32 Å². The summed E-state index contributed by atoms with van der Waals surface area (Å²) in [6.07, 6.45) is 3.52. The zero-order valence-corrected chi connectivity index (χ0v) is 13.3. The van der Waals surface area contributed by atoms with Crippen molar-refractivity contribution in [3.63, 3.8) is 0 Å². The molecule has 0 aromatic heterocycles. The standard InChI is InChI=1S/C18H21ClFN/c1-3-4-6-14-9-11-15(12-10-14)13(2)21-17-8-5-7-16(19)18(17)20/h5,7-13,21H,3-4,6H2,1-2H3. The average Bonchev–Trinajstić information content (AvgIpc) is 2.50. The van der Waals surface area contributed by atoms with Gasteiger partial charge in [0.25, 0.3) is 0 Å². The van der Waals surface area contributed by atoms with Gasteiger partial charge in [-0.2, -0.15) is 0 Å². The van der Waals surface area contributed by atoms with Crippen LogP contribution < -0.4 is 5.32 Å². The summed E-state index contributed by atoms with van der Waals surface area (Å²) in [6, 6.07) is 13.5. The fraction of sp³-hybridized carbons (Fsp3) is 0.333. The molecule has 2 aromatic carbocycles. The fourth-order valence-electron chi connectivity index (χ4n) is 2.29. The molecule has 0 radical (unpaired) electrons. The van der Waals surface area contributed by atoms with Gasteiger partial charge in [0.05, 0.1) is 10.7 Å². The van der Waals surface area contributed by atoms with Crippen molar-refractivity contribution in [3.05, 3.63) is 64.4 Å². The van der Waals surface area contributed by atoms with E-state index in [4.69, 9.17) is 11.6 Å². The van der Waals surface area contributed by atoms with Crippen LogP contribution in [0.3, 0.4) is 0 Å². The predicted octanol–water partition coefficient (Wildman–Crippen LogP) is 5.99. The largest absolute Gasteiger partial charge is 0.376 e. The summed E-state index contributed by atoms with van der Waals surface area (Å²) in [7, 11) is 0. The van der Waals surface area contributed by atoms with Crippen molar-refractivity contribution in [1.29, 1.82) is 0 Å². The van der Waals surface area contributed by atoms with Crippen molar-refractivity contribution in [3.8, 4) is 0 Å². The molecule has 0 amide bonds. The van der Waals surface area contributed by atoms with Crippen LogP contribution in [0.4, 0.5) is 10.1 Å². The van der Waals surface area contributed by atoms with Crippen LogP contribution >= 0.6 is 11.6 Å². The van der Waals surface area contributed by atoms with E-state index in [1.165, 1.54) is 18.4 Å². The van der Waals surface area contributed by atoms with Crippen LogP contribution in [0.5, 0.6) is 0 Å². The van der Waals surface area contributed by atoms with Crippen molar-refractivity contribution in [1.82, 2.24) is 0 Å². The van der Waals surface area contributed by atoms with E-state index >= 15 is 0 Å². The third-order valence-electron chi connectivity index (χ3n) is 3.62. The molecule has 0 saturated heterocycles. The van der Waals surface area contributed by atoms with Crippen LogP contribution in [-0.4, -0.2) is 0 Å². The van der Waals surface area contributed by atoms with Gasteiger partial charge >= 0.3 is 0 Å². The summed E-state index contributed by atoms with van der Waals surface area (Å²) in [5.41, 5.74) is 2.92. The zero-order chi connectivity index (χ0) is 15.2. The minimum atomic E-state index is -0.398. The maximum absolute atomic E-state index is 13.9. The van der Waals surface area contributed by atoms with E-state index in [-0.39, 0.29) is 11.1 Å². The molecule has 1 nitrogen and oxygen atoms in total. The van der Waals surface area contributed by atoms with Crippen molar-refractivity contribution >= 4 is 17.3 Å². The Morgan fingerprint density at radius 3 is 2.52 bits per heavy atom. The fourth-order valence-corrected chi connectivity index (χ4v) is 2.46. The molecule has 0 aliphatic carbocycles. The van der Waals surface area contributed by atoms with Crippen LogP contribution in [0.15, 0.2) is 42.5 Å². The third kappa shape index (κ3) is 4.21. The Kier molecular flexibility index (Phi) is 5.63. The van der Waals surface area contributed by atoms with E-state index < -0.39 is 5.82 Å². The first-order valence-corrected chi connectivity index (χ1v) is 7.79. The lowest BCUT2D eigenvalue weighted by Gasteiger charge is -2.17. The first-order valence-electron chi connectivity index (χ1n) is 7.41. The van der Waals surface area contributed by atoms with Gasteiger partial charge in [0.1, 0.15) is 0 Å². The van der Waals surface area contributed by atoms with Gasteiger partial charge in [-0.3, -0.25) is 0 Å². The first-order chi connectivity index (χ1) is 10.1. The molecular formula is C18H21ClFN. The van der Waals surface area contributed by atoms with Crippen LogP contribution in [-0.2, 0) is 6.42 Å². The number of hydrogen-bond donors (Lipinski definition) is 1. The molecule has 0 bridgehead atoms. The SMILES string of the molecule is CCCCc1ccc(C(C)Nc2cccc(Cl)c2F)cc1. The predicted molar refractivity (Wildman–Crippen MR) is 88.5 cm³/mol. The number of unbranched alkanes of at least 4 members (excludes halogenated alkanes) is 1. The molecule has 0 spiro atoms. The summed E-state index contributed by atoms with van der Waals surface area (Å²) in [4.78, 5) is 0. The Labute approximate surface area is 131 Å². The molecule has 0 heterocycles. The lowest BCUT2D eigenvalue weighted by molar-refractivity contribution is 0.628.